The van der Waals surface area contributed by atoms with Crippen molar-refractivity contribution in [2.75, 3.05) is 18.1 Å². The molecule has 0 aliphatic carbocycles. The summed E-state index contributed by atoms with van der Waals surface area (Å²) in [5.74, 6) is -0.238. The van der Waals surface area contributed by atoms with Gasteiger partial charge < -0.3 is 10.2 Å². The van der Waals surface area contributed by atoms with Gasteiger partial charge in [-0.25, -0.2) is 4.79 Å². The molecule has 0 aromatic rings. The number of aliphatic hydroxyl groups is 1. The molecule has 3 nitrogen and oxygen atoms in total. The first kappa shape index (κ1) is 12.5. The first-order chi connectivity index (χ1) is 5.56. The summed E-state index contributed by atoms with van der Waals surface area (Å²) in [4.78, 5) is 10.6. The molecule has 72 valence electrons. The van der Waals surface area contributed by atoms with E-state index in [0.29, 0.717) is 12.2 Å². The SMILES string of the molecule is O=C(O)C(S)(CS)SCCCO. The zero-order chi connectivity index (χ0) is 9.61. The lowest BCUT2D eigenvalue weighted by Crippen LogP contribution is -2.31. The molecule has 0 aromatic heterocycles. The third-order valence-electron chi connectivity index (χ3n) is 1.19. The van der Waals surface area contributed by atoms with Gasteiger partial charge in [0, 0.05) is 12.4 Å². The van der Waals surface area contributed by atoms with Crippen molar-refractivity contribution in [2.24, 2.45) is 0 Å². The Morgan fingerprint density at radius 3 is 2.50 bits per heavy atom. The van der Waals surface area contributed by atoms with Crippen LogP contribution in [0, 0.1) is 0 Å². The summed E-state index contributed by atoms with van der Waals surface area (Å²) >= 11 is 9.08. The van der Waals surface area contributed by atoms with Crippen molar-refractivity contribution >= 4 is 43.0 Å². The fraction of sp³-hybridized carbons (Fsp3) is 0.833. The number of carboxylic acids is 1. The van der Waals surface area contributed by atoms with Crippen molar-refractivity contribution in [3.63, 3.8) is 0 Å². The van der Waals surface area contributed by atoms with Crippen LogP contribution in [0.15, 0.2) is 0 Å². The van der Waals surface area contributed by atoms with E-state index in [1.54, 1.807) is 0 Å². The Morgan fingerprint density at radius 1 is 1.58 bits per heavy atom. The van der Waals surface area contributed by atoms with Crippen LogP contribution in [0.3, 0.4) is 0 Å². The Morgan fingerprint density at radius 2 is 2.17 bits per heavy atom. The lowest BCUT2D eigenvalue weighted by molar-refractivity contribution is -0.136. The van der Waals surface area contributed by atoms with Gasteiger partial charge in [0.15, 0.2) is 4.08 Å². The molecule has 0 amide bonds. The Hall–Kier alpha value is 0.480. The molecule has 6 heteroatoms. The van der Waals surface area contributed by atoms with E-state index in [-0.39, 0.29) is 12.4 Å². The fourth-order valence-corrected chi connectivity index (χ4v) is 1.99. The Bertz CT molecular complexity index is 153. The predicted molar refractivity (Wildman–Crippen MR) is 57.4 cm³/mol. The third kappa shape index (κ3) is 3.93. The largest absolute Gasteiger partial charge is 0.480 e. The van der Waals surface area contributed by atoms with E-state index in [9.17, 15) is 4.79 Å². The van der Waals surface area contributed by atoms with Crippen LogP contribution in [-0.4, -0.2) is 38.4 Å². The minimum atomic E-state index is -1.13. The lowest BCUT2D eigenvalue weighted by Gasteiger charge is -2.20. The Labute approximate surface area is 86.7 Å². The highest BCUT2D eigenvalue weighted by molar-refractivity contribution is 8.13. The Kier molecular flexibility index (Phi) is 6.25. The molecule has 0 spiro atoms. The van der Waals surface area contributed by atoms with Gasteiger partial charge in [-0.15, -0.1) is 24.4 Å². The van der Waals surface area contributed by atoms with Gasteiger partial charge in [0.1, 0.15) is 0 Å². The maximum absolute atomic E-state index is 10.6. The average Bonchev–Trinajstić information content (AvgIpc) is 2.04. The molecule has 0 aliphatic rings. The van der Waals surface area contributed by atoms with Gasteiger partial charge in [-0.2, -0.15) is 12.6 Å². The normalized spacial score (nSPS) is 15.6. The highest BCUT2D eigenvalue weighted by atomic mass is 32.2. The second-order valence-corrected chi connectivity index (χ2v) is 4.95. The number of rotatable bonds is 6. The molecule has 0 bridgehead atoms. The summed E-state index contributed by atoms with van der Waals surface area (Å²) in [5.41, 5.74) is 0. The molecule has 0 fully saturated rings. The van der Waals surface area contributed by atoms with Crippen LogP contribution in [0.4, 0.5) is 0 Å². The minimum absolute atomic E-state index is 0.0725. The highest BCUT2D eigenvalue weighted by Gasteiger charge is 2.33. The van der Waals surface area contributed by atoms with Crippen LogP contribution >= 0.6 is 37.0 Å². The smallest absolute Gasteiger partial charge is 0.330 e. The third-order valence-corrected chi connectivity index (χ3v) is 4.16. The van der Waals surface area contributed by atoms with Crippen LogP contribution in [-0.2, 0) is 4.79 Å². The zero-order valence-electron chi connectivity index (χ0n) is 6.43. The Balaban J connectivity index is 3.88. The van der Waals surface area contributed by atoms with Crippen molar-refractivity contribution in [1.82, 2.24) is 0 Å². The summed E-state index contributed by atoms with van der Waals surface area (Å²) in [7, 11) is 0. The zero-order valence-corrected chi connectivity index (χ0v) is 9.04. The fourth-order valence-electron chi connectivity index (χ4n) is 0.481. The lowest BCUT2D eigenvalue weighted by atomic mass is 10.5. The summed E-state index contributed by atoms with van der Waals surface area (Å²) in [5, 5.41) is 17.2. The van der Waals surface area contributed by atoms with Gasteiger partial charge in [0.25, 0.3) is 0 Å². The average molecular weight is 228 g/mol. The maximum Gasteiger partial charge on any atom is 0.330 e. The van der Waals surface area contributed by atoms with Crippen LogP contribution in [0.2, 0.25) is 0 Å². The molecule has 1 unspecified atom stereocenters. The summed E-state index contributed by atoms with van der Waals surface area (Å²) in [6.07, 6.45) is 0.577. The number of hydrogen-bond donors (Lipinski definition) is 4. The number of thioether (sulfide) groups is 1. The summed E-state index contributed by atoms with van der Waals surface area (Å²) < 4.78 is -1.13. The van der Waals surface area contributed by atoms with Gasteiger partial charge in [0.05, 0.1) is 0 Å². The van der Waals surface area contributed by atoms with Crippen molar-refractivity contribution in [3.05, 3.63) is 0 Å². The molecule has 0 rings (SSSR count). The van der Waals surface area contributed by atoms with E-state index in [1.165, 1.54) is 11.8 Å². The number of hydrogen-bond acceptors (Lipinski definition) is 5. The molecule has 2 N–H and O–H groups in total. The molecule has 0 saturated heterocycles. The van der Waals surface area contributed by atoms with E-state index in [0.717, 1.165) is 0 Å². The van der Waals surface area contributed by atoms with E-state index in [2.05, 4.69) is 25.3 Å². The molecule has 0 saturated carbocycles. The van der Waals surface area contributed by atoms with Gasteiger partial charge in [-0.05, 0) is 12.2 Å². The van der Waals surface area contributed by atoms with E-state index >= 15 is 0 Å². The molecule has 0 aromatic carbocycles. The summed E-state index contributed by atoms with van der Waals surface area (Å²) in [6, 6.07) is 0. The second-order valence-electron chi connectivity index (χ2n) is 2.17. The van der Waals surface area contributed by atoms with Crippen molar-refractivity contribution in [2.45, 2.75) is 10.5 Å². The first-order valence-corrected chi connectivity index (χ1v) is 5.45. The molecule has 1 atom stereocenters. The quantitative estimate of drug-likeness (QED) is 0.308. The van der Waals surface area contributed by atoms with E-state index in [4.69, 9.17) is 10.2 Å². The summed E-state index contributed by atoms with van der Waals surface area (Å²) in [6.45, 7) is 0.0725. The molecule has 0 radical (unpaired) electrons. The van der Waals surface area contributed by atoms with Crippen molar-refractivity contribution in [1.29, 1.82) is 0 Å². The number of carbonyl (C=O) groups is 1. The standard InChI is InChI=1S/C6H12O3S3/c7-2-1-3-12-6(11,4-10)5(8)9/h7,10-11H,1-4H2,(H,8,9). The van der Waals surface area contributed by atoms with Crippen LogP contribution in [0.25, 0.3) is 0 Å². The van der Waals surface area contributed by atoms with Crippen molar-refractivity contribution < 1.29 is 15.0 Å². The molecule has 0 heterocycles. The predicted octanol–water partition coefficient (Wildman–Crippen LogP) is 0.742. The highest BCUT2D eigenvalue weighted by Crippen LogP contribution is 2.31. The van der Waals surface area contributed by atoms with Crippen molar-refractivity contribution in [3.8, 4) is 0 Å². The van der Waals surface area contributed by atoms with Crippen LogP contribution in [0.1, 0.15) is 6.42 Å². The van der Waals surface area contributed by atoms with Gasteiger partial charge in [0.2, 0.25) is 0 Å². The molecule has 12 heavy (non-hydrogen) atoms. The van der Waals surface area contributed by atoms with E-state index in [1.807, 2.05) is 0 Å². The molecular formula is C6H12O3S3. The van der Waals surface area contributed by atoms with Gasteiger partial charge in [-0.1, -0.05) is 0 Å². The molecular weight excluding hydrogens is 216 g/mol. The second kappa shape index (κ2) is 6.01. The molecule has 0 aliphatic heterocycles. The van der Waals surface area contributed by atoms with Gasteiger partial charge in [-0.3, -0.25) is 0 Å². The number of thiol groups is 2. The first-order valence-electron chi connectivity index (χ1n) is 3.38. The topological polar surface area (TPSA) is 57.5 Å². The van der Waals surface area contributed by atoms with Crippen LogP contribution < -0.4 is 0 Å². The monoisotopic (exact) mass is 228 g/mol. The van der Waals surface area contributed by atoms with E-state index < -0.39 is 10.0 Å². The number of carboxylic acid groups (broad SMARTS) is 1. The number of aliphatic carboxylic acids is 1. The maximum atomic E-state index is 10.6. The minimum Gasteiger partial charge on any atom is -0.480 e. The van der Waals surface area contributed by atoms with Crippen LogP contribution in [0.5, 0.6) is 0 Å². The van der Waals surface area contributed by atoms with Gasteiger partial charge >= 0.3 is 5.97 Å². The number of aliphatic hydroxyl groups excluding tert-OH is 1.